The molecule has 1 aromatic heterocycles. The maximum Gasteiger partial charge on any atom is 0.357 e. The minimum Gasteiger partial charge on any atom is -0.476 e. The number of aromatic carboxylic acids is 1. The van der Waals surface area contributed by atoms with Gasteiger partial charge in [0.15, 0.2) is 5.69 Å². The first-order valence-corrected chi connectivity index (χ1v) is 6.52. The predicted molar refractivity (Wildman–Crippen MR) is 71.5 cm³/mol. The first-order chi connectivity index (χ1) is 8.08. The second-order valence-electron chi connectivity index (χ2n) is 3.09. The lowest BCUT2D eigenvalue weighted by Crippen LogP contribution is -2.00. The van der Waals surface area contributed by atoms with Gasteiger partial charge in [0.25, 0.3) is 0 Å². The van der Waals surface area contributed by atoms with Crippen molar-refractivity contribution in [3.05, 3.63) is 38.9 Å². The van der Waals surface area contributed by atoms with Crippen LogP contribution < -0.4 is 5.32 Å². The molecule has 88 valence electrons. The minimum absolute atomic E-state index is 0.0149. The molecule has 0 aliphatic heterocycles. The number of hydrogen-bond acceptors (Lipinski definition) is 4. The number of halogens is 2. The highest BCUT2D eigenvalue weighted by molar-refractivity contribution is 9.10. The van der Waals surface area contributed by atoms with Gasteiger partial charge in [-0.3, -0.25) is 0 Å². The van der Waals surface area contributed by atoms with Gasteiger partial charge in [0.2, 0.25) is 0 Å². The van der Waals surface area contributed by atoms with Gasteiger partial charge in [-0.05, 0) is 34.1 Å². The maximum atomic E-state index is 10.9. The molecule has 0 saturated carbocycles. The molecule has 1 heterocycles. The van der Waals surface area contributed by atoms with E-state index in [4.69, 9.17) is 16.7 Å². The van der Waals surface area contributed by atoms with E-state index in [1.165, 1.54) is 16.8 Å². The number of anilines is 2. The van der Waals surface area contributed by atoms with Gasteiger partial charge in [-0.25, -0.2) is 9.78 Å². The Kier molecular flexibility index (Phi) is 3.66. The summed E-state index contributed by atoms with van der Waals surface area (Å²) in [6, 6.07) is 5.25. The third kappa shape index (κ3) is 2.77. The molecule has 2 rings (SSSR count). The van der Waals surface area contributed by atoms with E-state index in [-0.39, 0.29) is 5.69 Å². The van der Waals surface area contributed by atoms with Crippen molar-refractivity contribution in [1.82, 2.24) is 4.98 Å². The summed E-state index contributed by atoms with van der Waals surface area (Å²) in [5.74, 6) is -1.05. The van der Waals surface area contributed by atoms with Gasteiger partial charge >= 0.3 is 5.97 Å². The molecule has 0 aliphatic rings. The molecule has 4 nitrogen and oxygen atoms in total. The fourth-order valence-electron chi connectivity index (χ4n) is 1.19. The Bertz CT molecular complexity index is 573. The quantitative estimate of drug-likeness (QED) is 0.891. The lowest BCUT2D eigenvalue weighted by atomic mass is 10.3. The van der Waals surface area contributed by atoms with Gasteiger partial charge in [0.05, 0.1) is 10.5 Å². The highest BCUT2D eigenvalue weighted by Crippen LogP contribution is 2.29. The molecule has 0 saturated heterocycles. The molecule has 0 radical (unpaired) electrons. The zero-order valence-corrected chi connectivity index (χ0v) is 11.4. The van der Waals surface area contributed by atoms with Crippen molar-refractivity contribution in [2.75, 3.05) is 5.32 Å². The molecule has 2 N–H and O–H groups in total. The number of nitrogens with one attached hydrogen (secondary N) is 1. The van der Waals surface area contributed by atoms with Crippen molar-refractivity contribution < 1.29 is 9.90 Å². The Morgan fingerprint density at radius 3 is 2.94 bits per heavy atom. The Morgan fingerprint density at radius 2 is 2.29 bits per heavy atom. The van der Waals surface area contributed by atoms with E-state index in [1.54, 1.807) is 18.2 Å². The second kappa shape index (κ2) is 5.03. The predicted octanol–water partition coefficient (Wildman–Crippen LogP) is 4.00. The van der Waals surface area contributed by atoms with Gasteiger partial charge in [-0.15, -0.1) is 11.3 Å². The van der Waals surface area contributed by atoms with Crippen LogP contribution >= 0.6 is 38.9 Å². The van der Waals surface area contributed by atoms with Crippen molar-refractivity contribution in [3.63, 3.8) is 0 Å². The second-order valence-corrected chi connectivity index (χ2v) is 5.21. The highest BCUT2D eigenvalue weighted by Gasteiger charge is 2.13. The molecule has 1 aromatic carbocycles. The summed E-state index contributed by atoms with van der Waals surface area (Å²) < 4.78 is 0.741. The Balaban J connectivity index is 2.28. The summed E-state index contributed by atoms with van der Waals surface area (Å²) in [7, 11) is 0. The van der Waals surface area contributed by atoms with E-state index in [9.17, 15) is 4.79 Å². The average molecular weight is 334 g/mol. The van der Waals surface area contributed by atoms with Crippen molar-refractivity contribution in [2.24, 2.45) is 0 Å². The molecule has 0 amide bonds. The number of rotatable bonds is 3. The molecule has 17 heavy (non-hydrogen) atoms. The monoisotopic (exact) mass is 332 g/mol. The van der Waals surface area contributed by atoms with Crippen LogP contribution in [-0.2, 0) is 0 Å². The van der Waals surface area contributed by atoms with Crippen molar-refractivity contribution in [3.8, 4) is 0 Å². The van der Waals surface area contributed by atoms with Crippen molar-refractivity contribution in [1.29, 1.82) is 0 Å². The number of carboxylic acid groups (broad SMARTS) is 1. The van der Waals surface area contributed by atoms with E-state index < -0.39 is 5.97 Å². The van der Waals surface area contributed by atoms with Crippen molar-refractivity contribution in [2.45, 2.75) is 0 Å². The fourth-order valence-corrected chi connectivity index (χ4v) is 2.38. The van der Waals surface area contributed by atoms with Crippen LogP contribution in [0.3, 0.4) is 0 Å². The van der Waals surface area contributed by atoms with E-state index in [0.29, 0.717) is 10.0 Å². The van der Waals surface area contributed by atoms with Crippen LogP contribution in [0.1, 0.15) is 10.5 Å². The molecule has 0 aliphatic carbocycles. The van der Waals surface area contributed by atoms with Crippen LogP contribution in [0.25, 0.3) is 0 Å². The zero-order chi connectivity index (χ0) is 12.4. The van der Waals surface area contributed by atoms with E-state index in [0.717, 1.165) is 10.2 Å². The van der Waals surface area contributed by atoms with Gasteiger partial charge in [0, 0.05) is 10.2 Å². The molecule has 0 unspecified atom stereocenters. The Labute approximate surface area is 114 Å². The molecular weight excluding hydrogens is 328 g/mol. The molecule has 0 fully saturated rings. The molecule has 0 atom stereocenters. The van der Waals surface area contributed by atoms with Gasteiger partial charge in [-0.2, -0.15) is 0 Å². The topological polar surface area (TPSA) is 62.2 Å². The molecule has 7 heteroatoms. The number of benzene rings is 1. The standard InChI is InChI=1S/C10H6BrClN2O2S/c11-6-3-5(1-2-7(6)12)14-9-8(10(15)16)13-4-17-9/h1-4,14H,(H,15,16). The van der Waals surface area contributed by atoms with Gasteiger partial charge < -0.3 is 10.4 Å². The fraction of sp³-hybridized carbons (Fsp3) is 0. The van der Waals surface area contributed by atoms with Gasteiger partial charge in [-0.1, -0.05) is 11.6 Å². The number of carbonyl (C=O) groups is 1. The minimum atomic E-state index is -1.05. The first kappa shape index (κ1) is 12.3. The number of thiazole rings is 1. The summed E-state index contributed by atoms with van der Waals surface area (Å²) in [5.41, 5.74) is 2.24. The van der Waals surface area contributed by atoms with Crippen LogP contribution in [-0.4, -0.2) is 16.1 Å². The Morgan fingerprint density at radius 1 is 1.53 bits per heavy atom. The third-order valence-corrected chi connectivity index (χ3v) is 3.90. The third-order valence-electron chi connectivity index (χ3n) is 1.95. The van der Waals surface area contributed by atoms with E-state index in [2.05, 4.69) is 26.2 Å². The molecule has 0 spiro atoms. The van der Waals surface area contributed by atoms with Crippen LogP contribution in [0, 0.1) is 0 Å². The Hall–Kier alpha value is -1.11. The highest BCUT2D eigenvalue weighted by atomic mass is 79.9. The summed E-state index contributed by atoms with van der Waals surface area (Å²) >= 11 is 10.4. The normalized spacial score (nSPS) is 10.2. The first-order valence-electron chi connectivity index (χ1n) is 4.47. The van der Waals surface area contributed by atoms with Crippen LogP contribution in [0.4, 0.5) is 10.7 Å². The maximum absolute atomic E-state index is 10.9. The van der Waals surface area contributed by atoms with Crippen molar-refractivity contribution >= 4 is 55.5 Å². The lowest BCUT2D eigenvalue weighted by molar-refractivity contribution is 0.0692. The summed E-state index contributed by atoms with van der Waals surface area (Å²) in [5, 5.41) is 13.0. The number of aromatic nitrogens is 1. The molecular formula is C10H6BrClN2O2S. The number of carboxylic acids is 1. The summed E-state index contributed by atoms with van der Waals surface area (Å²) in [6.45, 7) is 0. The van der Waals surface area contributed by atoms with Gasteiger partial charge in [0.1, 0.15) is 5.00 Å². The number of nitrogens with zero attached hydrogens (tertiary/aromatic N) is 1. The van der Waals surface area contributed by atoms with E-state index in [1.807, 2.05) is 0 Å². The van der Waals surface area contributed by atoms with Crippen LogP contribution in [0.15, 0.2) is 28.2 Å². The van der Waals surface area contributed by atoms with E-state index >= 15 is 0 Å². The lowest BCUT2D eigenvalue weighted by Gasteiger charge is -2.05. The summed E-state index contributed by atoms with van der Waals surface area (Å²) in [6.07, 6.45) is 0. The smallest absolute Gasteiger partial charge is 0.357 e. The summed E-state index contributed by atoms with van der Waals surface area (Å²) in [4.78, 5) is 14.6. The average Bonchev–Trinajstić information content (AvgIpc) is 2.72. The largest absolute Gasteiger partial charge is 0.476 e. The van der Waals surface area contributed by atoms with Crippen LogP contribution in [0.2, 0.25) is 5.02 Å². The molecule has 2 aromatic rings. The SMILES string of the molecule is O=C(O)c1ncsc1Nc1ccc(Cl)c(Br)c1. The number of hydrogen-bond donors (Lipinski definition) is 2. The van der Waals surface area contributed by atoms with Crippen LogP contribution in [0.5, 0.6) is 0 Å². The molecule has 0 bridgehead atoms. The zero-order valence-electron chi connectivity index (χ0n) is 8.28.